The average Bonchev–Trinajstić information content (AvgIpc) is 2.99. The number of anilines is 1. The minimum atomic E-state index is 0.417. The molecule has 2 heterocycles. The number of nitrogens with zero attached hydrogens (tertiary/aromatic N) is 3. The van der Waals surface area contributed by atoms with Crippen LogP contribution in [0.2, 0.25) is 0 Å². The van der Waals surface area contributed by atoms with Gasteiger partial charge in [-0.1, -0.05) is 42.1 Å². The van der Waals surface area contributed by atoms with Crippen LogP contribution in [0.4, 0.5) is 5.69 Å². The van der Waals surface area contributed by atoms with Gasteiger partial charge in [-0.3, -0.25) is 9.67 Å². The summed E-state index contributed by atoms with van der Waals surface area (Å²) < 4.78 is 1.81. The van der Waals surface area contributed by atoms with E-state index in [2.05, 4.69) is 39.7 Å². The zero-order chi connectivity index (χ0) is 13.2. The van der Waals surface area contributed by atoms with Gasteiger partial charge in [0.25, 0.3) is 0 Å². The van der Waals surface area contributed by atoms with Crippen molar-refractivity contribution in [2.45, 2.75) is 12.2 Å². The summed E-state index contributed by atoms with van der Waals surface area (Å²) in [6.07, 6.45) is 1.98. The van der Waals surface area contributed by atoms with Crippen LogP contribution in [-0.4, -0.2) is 21.5 Å². The molecule has 0 fully saturated rings. The van der Waals surface area contributed by atoms with Crippen molar-refractivity contribution in [1.29, 1.82) is 0 Å². The molecule has 1 aromatic carbocycles. The Balaban J connectivity index is 1.68. The second-order valence-electron chi connectivity index (χ2n) is 4.59. The molecule has 1 aliphatic heterocycles. The number of aliphatic imine (C=N–C) groups is 1. The van der Waals surface area contributed by atoms with E-state index in [9.17, 15) is 0 Å². The molecule has 1 aliphatic rings. The van der Waals surface area contributed by atoms with Gasteiger partial charge in [0.1, 0.15) is 0 Å². The Kier molecular flexibility index (Phi) is 3.29. The highest BCUT2D eigenvalue weighted by atomic mass is 32.2. The summed E-state index contributed by atoms with van der Waals surface area (Å²) in [6.45, 7) is 2.83. The van der Waals surface area contributed by atoms with Crippen LogP contribution in [0.15, 0.2) is 41.5 Å². The lowest BCUT2D eigenvalue weighted by Crippen LogP contribution is -2.05. The van der Waals surface area contributed by atoms with Crippen LogP contribution in [-0.2, 0) is 7.05 Å². The largest absolute Gasteiger partial charge is 0.332 e. The van der Waals surface area contributed by atoms with E-state index in [4.69, 9.17) is 0 Å². The fourth-order valence-corrected chi connectivity index (χ4v) is 3.15. The molecule has 0 spiro atoms. The van der Waals surface area contributed by atoms with Crippen LogP contribution in [0.1, 0.15) is 16.5 Å². The third kappa shape index (κ3) is 2.66. The van der Waals surface area contributed by atoms with E-state index in [1.54, 1.807) is 11.8 Å². The van der Waals surface area contributed by atoms with Crippen molar-refractivity contribution in [2.24, 2.45) is 12.0 Å². The van der Waals surface area contributed by atoms with Crippen molar-refractivity contribution in [3.63, 3.8) is 0 Å². The van der Waals surface area contributed by atoms with Crippen LogP contribution in [0.25, 0.3) is 0 Å². The number of amidine groups is 1. The van der Waals surface area contributed by atoms with Gasteiger partial charge in [0.2, 0.25) is 0 Å². The van der Waals surface area contributed by atoms with E-state index in [-0.39, 0.29) is 0 Å². The molecule has 5 heteroatoms. The molecule has 2 aromatic rings. The maximum absolute atomic E-state index is 4.57. The number of thioether (sulfide) groups is 1. The molecule has 0 saturated carbocycles. The van der Waals surface area contributed by atoms with Gasteiger partial charge in [0, 0.05) is 13.2 Å². The van der Waals surface area contributed by atoms with E-state index in [0.717, 1.165) is 23.1 Å². The van der Waals surface area contributed by atoms with E-state index < -0.39 is 0 Å². The number of rotatable bonds is 2. The summed E-state index contributed by atoms with van der Waals surface area (Å²) >= 11 is 1.78. The molecule has 1 N–H and O–H groups in total. The maximum Gasteiger partial charge on any atom is 0.161 e. The smallest absolute Gasteiger partial charge is 0.161 e. The molecule has 3 rings (SSSR count). The summed E-state index contributed by atoms with van der Waals surface area (Å²) in [6, 6.07) is 10.5. The lowest BCUT2D eigenvalue weighted by atomic mass is 10.1. The Morgan fingerprint density at radius 3 is 2.79 bits per heavy atom. The molecule has 98 valence electrons. The summed E-state index contributed by atoms with van der Waals surface area (Å²) in [7, 11) is 1.93. The molecule has 0 bridgehead atoms. The molecule has 1 unspecified atom stereocenters. The highest BCUT2D eigenvalue weighted by Gasteiger charge is 2.21. The van der Waals surface area contributed by atoms with Gasteiger partial charge in [-0.15, -0.1) is 0 Å². The number of hydrogen-bond acceptors (Lipinski definition) is 4. The molecular weight excluding hydrogens is 256 g/mol. The predicted molar refractivity (Wildman–Crippen MR) is 80.6 cm³/mol. The number of benzene rings is 1. The van der Waals surface area contributed by atoms with Gasteiger partial charge in [-0.25, -0.2) is 0 Å². The Hall–Kier alpha value is -1.75. The standard InChI is InChI=1S/C14H16N4S/c1-10-12(9-18(2)17-10)16-14-15-8-13(19-14)11-6-4-3-5-7-11/h3-7,9,13H,8H2,1-2H3,(H,15,16). The average molecular weight is 272 g/mol. The van der Waals surface area contributed by atoms with Crippen molar-refractivity contribution in [2.75, 3.05) is 11.9 Å². The van der Waals surface area contributed by atoms with Crippen LogP contribution in [0, 0.1) is 6.92 Å². The van der Waals surface area contributed by atoms with Crippen molar-refractivity contribution in [3.05, 3.63) is 47.8 Å². The first-order valence-corrected chi connectivity index (χ1v) is 7.13. The lowest BCUT2D eigenvalue weighted by molar-refractivity contribution is 0.756. The molecule has 0 saturated heterocycles. The molecule has 1 atom stereocenters. The van der Waals surface area contributed by atoms with Crippen LogP contribution < -0.4 is 5.32 Å². The quantitative estimate of drug-likeness (QED) is 0.914. The monoisotopic (exact) mass is 272 g/mol. The Labute approximate surface area is 116 Å². The Morgan fingerprint density at radius 2 is 2.11 bits per heavy atom. The fraction of sp³-hybridized carbons (Fsp3) is 0.286. The number of aryl methyl sites for hydroxylation is 2. The van der Waals surface area contributed by atoms with Gasteiger partial charge < -0.3 is 5.32 Å². The third-order valence-corrected chi connectivity index (χ3v) is 4.24. The first-order valence-electron chi connectivity index (χ1n) is 6.25. The van der Waals surface area contributed by atoms with Crippen LogP contribution in [0.3, 0.4) is 0 Å². The summed E-state index contributed by atoms with van der Waals surface area (Å²) in [5.74, 6) is 0. The van der Waals surface area contributed by atoms with E-state index >= 15 is 0 Å². The van der Waals surface area contributed by atoms with E-state index in [1.807, 2.05) is 30.9 Å². The van der Waals surface area contributed by atoms with Gasteiger partial charge in [-0.2, -0.15) is 5.10 Å². The number of nitrogens with one attached hydrogen (secondary N) is 1. The van der Waals surface area contributed by atoms with E-state index in [0.29, 0.717) is 5.25 Å². The normalized spacial score (nSPS) is 18.4. The first kappa shape index (κ1) is 12.3. The Bertz CT molecular complexity index is 603. The first-order chi connectivity index (χ1) is 9.22. The molecule has 4 nitrogen and oxygen atoms in total. The molecule has 0 radical (unpaired) electrons. The van der Waals surface area contributed by atoms with Crippen LogP contribution in [0.5, 0.6) is 0 Å². The highest BCUT2D eigenvalue weighted by Crippen LogP contribution is 2.35. The maximum atomic E-state index is 4.57. The Morgan fingerprint density at radius 1 is 1.32 bits per heavy atom. The lowest BCUT2D eigenvalue weighted by Gasteiger charge is -2.08. The zero-order valence-corrected chi connectivity index (χ0v) is 11.8. The van der Waals surface area contributed by atoms with Gasteiger partial charge in [0.15, 0.2) is 5.17 Å². The second-order valence-corrected chi connectivity index (χ2v) is 5.78. The zero-order valence-electron chi connectivity index (χ0n) is 11.0. The molecule has 0 aliphatic carbocycles. The predicted octanol–water partition coefficient (Wildman–Crippen LogP) is 2.98. The van der Waals surface area contributed by atoms with Crippen molar-refractivity contribution >= 4 is 22.6 Å². The third-order valence-electron chi connectivity index (χ3n) is 3.08. The minimum Gasteiger partial charge on any atom is -0.332 e. The molecule has 1 aromatic heterocycles. The number of hydrogen-bond donors (Lipinski definition) is 1. The van der Waals surface area contributed by atoms with E-state index in [1.165, 1.54) is 5.56 Å². The highest BCUT2D eigenvalue weighted by molar-refractivity contribution is 8.14. The molecule has 19 heavy (non-hydrogen) atoms. The fourth-order valence-electron chi connectivity index (χ4n) is 2.12. The van der Waals surface area contributed by atoms with Gasteiger partial charge in [-0.05, 0) is 12.5 Å². The SMILES string of the molecule is Cc1nn(C)cc1NC1=NCC(c2ccccc2)S1. The molecule has 0 amide bonds. The summed E-state index contributed by atoms with van der Waals surface area (Å²) in [5, 5.41) is 9.07. The van der Waals surface area contributed by atoms with Crippen molar-refractivity contribution in [1.82, 2.24) is 9.78 Å². The minimum absolute atomic E-state index is 0.417. The summed E-state index contributed by atoms with van der Waals surface area (Å²) in [5.41, 5.74) is 3.35. The van der Waals surface area contributed by atoms with Gasteiger partial charge in [0.05, 0.1) is 23.2 Å². The van der Waals surface area contributed by atoms with Gasteiger partial charge >= 0.3 is 0 Å². The molecular formula is C14H16N4S. The number of aromatic nitrogens is 2. The second kappa shape index (κ2) is 5.09. The van der Waals surface area contributed by atoms with Crippen molar-refractivity contribution in [3.8, 4) is 0 Å². The van der Waals surface area contributed by atoms with Crippen LogP contribution >= 0.6 is 11.8 Å². The topological polar surface area (TPSA) is 42.2 Å². The van der Waals surface area contributed by atoms with Crippen molar-refractivity contribution < 1.29 is 0 Å². The summed E-state index contributed by atoms with van der Waals surface area (Å²) in [4.78, 5) is 4.57.